The molecule has 0 N–H and O–H groups in total. The molecule has 4 nitrogen and oxygen atoms in total. The summed E-state index contributed by atoms with van der Waals surface area (Å²) in [5.74, 6) is 0.954. The zero-order chi connectivity index (χ0) is 20.0. The molecule has 0 fully saturated rings. The summed E-state index contributed by atoms with van der Waals surface area (Å²) in [7, 11) is 4.11. The van der Waals surface area contributed by atoms with Gasteiger partial charge in [-0.2, -0.15) is 5.10 Å². The second kappa shape index (κ2) is 6.96. The fraction of sp³-hybridized carbons (Fsp3) is 0.240. The van der Waals surface area contributed by atoms with E-state index in [1.807, 2.05) is 6.07 Å². The van der Waals surface area contributed by atoms with Gasteiger partial charge in [-0.15, -0.1) is 0 Å². The Kier molecular flexibility index (Phi) is 4.27. The van der Waals surface area contributed by atoms with Gasteiger partial charge in [-0.1, -0.05) is 60.2 Å². The highest BCUT2D eigenvalue weighted by molar-refractivity contribution is 6.02. The van der Waals surface area contributed by atoms with Crippen molar-refractivity contribution in [1.82, 2.24) is 5.01 Å². The van der Waals surface area contributed by atoms with Gasteiger partial charge in [0.1, 0.15) is 5.75 Å². The largest absolute Gasteiger partial charge is 0.464 e. The summed E-state index contributed by atoms with van der Waals surface area (Å²) in [5.41, 5.74) is 7.06. The van der Waals surface area contributed by atoms with Crippen molar-refractivity contribution in [3.05, 3.63) is 95.1 Å². The van der Waals surface area contributed by atoms with Crippen LogP contribution in [0.5, 0.6) is 5.75 Å². The standard InChI is InChI=1S/C25H25N3O/c1-17-8-10-18(11-9-17)22-16-23-21-6-4-5-7-24(21)29-25(28(23)26-22)19-12-14-20(15-13-19)27(2)3/h4-15,23,25H,16H2,1-3H3/t23-,25+/m0/s1. The Morgan fingerprint density at radius 3 is 2.38 bits per heavy atom. The van der Waals surface area contributed by atoms with Crippen LogP contribution >= 0.6 is 0 Å². The van der Waals surface area contributed by atoms with E-state index < -0.39 is 0 Å². The fourth-order valence-corrected chi connectivity index (χ4v) is 4.11. The third kappa shape index (κ3) is 3.15. The van der Waals surface area contributed by atoms with Crippen molar-refractivity contribution in [3.63, 3.8) is 0 Å². The number of anilines is 1. The van der Waals surface area contributed by atoms with Gasteiger partial charge < -0.3 is 9.64 Å². The second-order valence-electron chi connectivity index (χ2n) is 8.01. The molecule has 2 aliphatic heterocycles. The number of benzene rings is 3. The van der Waals surface area contributed by atoms with Crippen molar-refractivity contribution < 1.29 is 4.74 Å². The van der Waals surface area contributed by atoms with E-state index in [0.717, 1.165) is 23.4 Å². The minimum absolute atomic E-state index is 0.190. The first-order chi connectivity index (χ1) is 14.1. The second-order valence-corrected chi connectivity index (χ2v) is 8.01. The van der Waals surface area contributed by atoms with E-state index in [1.54, 1.807) is 0 Å². The monoisotopic (exact) mass is 383 g/mol. The average molecular weight is 383 g/mol. The number of rotatable bonds is 3. The quantitative estimate of drug-likeness (QED) is 0.614. The molecule has 0 radical (unpaired) electrons. The highest BCUT2D eigenvalue weighted by atomic mass is 16.5. The number of nitrogens with zero attached hydrogens (tertiary/aromatic N) is 3. The van der Waals surface area contributed by atoms with Crippen molar-refractivity contribution >= 4 is 11.4 Å². The van der Waals surface area contributed by atoms with E-state index in [4.69, 9.17) is 9.84 Å². The third-order valence-corrected chi connectivity index (χ3v) is 5.78. The highest BCUT2D eigenvalue weighted by Gasteiger charge is 2.40. The summed E-state index contributed by atoms with van der Waals surface area (Å²) in [6.07, 6.45) is 0.657. The number of aryl methyl sites for hydroxylation is 1. The van der Waals surface area contributed by atoms with Gasteiger partial charge in [0.15, 0.2) is 0 Å². The van der Waals surface area contributed by atoms with Gasteiger partial charge in [0.05, 0.1) is 11.8 Å². The molecule has 2 heterocycles. The van der Waals surface area contributed by atoms with Crippen LogP contribution in [0.4, 0.5) is 5.69 Å². The number of hydrazone groups is 1. The highest BCUT2D eigenvalue weighted by Crippen LogP contribution is 2.47. The predicted octanol–water partition coefficient (Wildman–Crippen LogP) is 5.30. The minimum Gasteiger partial charge on any atom is -0.464 e. The summed E-state index contributed by atoms with van der Waals surface area (Å²) in [6, 6.07) is 25.7. The van der Waals surface area contributed by atoms with Gasteiger partial charge in [0.2, 0.25) is 6.23 Å². The van der Waals surface area contributed by atoms with Crippen LogP contribution in [0.15, 0.2) is 77.9 Å². The first kappa shape index (κ1) is 17.8. The van der Waals surface area contributed by atoms with E-state index in [2.05, 4.69) is 97.7 Å². The predicted molar refractivity (Wildman–Crippen MR) is 117 cm³/mol. The maximum absolute atomic E-state index is 6.44. The first-order valence-corrected chi connectivity index (χ1v) is 10.1. The van der Waals surface area contributed by atoms with Gasteiger partial charge in [-0.25, -0.2) is 5.01 Å². The van der Waals surface area contributed by atoms with E-state index in [1.165, 1.54) is 22.4 Å². The van der Waals surface area contributed by atoms with E-state index in [9.17, 15) is 0 Å². The smallest absolute Gasteiger partial charge is 0.213 e. The van der Waals surface area contributed by atoms with E-state index in [0.29, 0.717) is 0 Å². The number of hydrogen-bond donors (Lipinski definition) is 0. The molecule has 2 aliphatic rings. The summed E-state index contributed by atoms with van der Waals surface area (Å²) >= 11 is 0. The molecule has 0 unspecified atom stereocenters. The fourth-order valence-electron chi connectivity index (χ4n) is 4.11. The van der Waals surface area contributed by atoms with Gasteiger partial charge in [-0.05, 0) is 30.7 Å². The minimum atomic E-state index is -0.228. The van der Waals surface area contributed by atoms with Crippen molar-refractivity contribution in [3.8, 4) is 5.75 Å². The lowest BCUT2D eigenvalue weighted by molar-refractivity contribution is -0.0190. The Hall–Kier alpha value is -3.27. The van der Waals surface area contributed by atoms with Crippen LogP contribution in [0, 0.1) is 6.92 Å². The molecule has 2 atom stereocenters. The van der Waals surface area contributed by atoms with Crippen molar-refractivity contribution in [1.29, 1.82) is 0 Å². The zero-order valence-corrected chi connectivity index (χ0v) is 17.0. The topological polar surface area (TPSA) is 28.1 Å². The maximum Gasteiger partial charge on any atom is 0.213 e. The van der Waals surface area contributed by atoms with Crippen LogP contribution in [-0.2, 0) is 0 Å². The normalized spacial score (nSPS) is 19.8. The zero-order valence-electron chi connectivity index (χ0n) is 17.0. The Morgan fingerprint density at radius 1 is 0.931 bits per heavy atom. The van der Waals surface area contributed by atoms with Crippen LogP contribution in [0.1, 0.15) is 40.9 Å². The molecule has 0 aromatic heterocycles. The molecule has 3 aromatic carbocycles. The van der Waals surface area contributed by atoms with E-state index >= 15 is 0 Å². The molecule has 29 heavy (non-hydrogen) atoms. The molecule has 0 aliphatic carbocycles. The first-order valence-electron chi connectivity index (χ1n) is 10.1. The van der Waals surface area contributed by atoms with Crippen LogP contribution in [0.3, 0.4) is 0 Å². The van der Waals surface area contributed by atoms with Crippen LogP contribution in [0.2, 0.25) is 0 Å². The Bertz CT molecular complexity index is 1050. The van der Waals surface area contributed by atoms with Crippen molar-refractivity contribution in [2.75, 3.05) is 19.0 Å². The lowest BCUT2D eigenvalue weighted by Crippen LogP contribution is -2.33. The average Bonchev–Trinajstić information content (AvgIpc) is 3.19. The maximum atomic E-state index is 6.44. The molecule has 0 amide bonds. The Labute approximate surface area is 172 Å². The molecule has 5 rings (SSSR count). The number of hydrogen-bond acceptors (Lipinski definition) is 4. The van der Waals surface area contributed by atoms with Gasteiger partial charge in [0.25, 0.3) is 0 Å². The molecule has 0 saturated carbocycles. The van der Waals surface area contributed by atoms with Crippen LogP contribution in [0.25, 0.3) is 0 Å². The van der Waals surface area contributed by atoms with Crippen LogP contribution in [-0.4, -0.2) is 24.8 Å². The SMILES string of the molecule is Cc1ccc(C2=NN3[C@@H](c4ccc(N(C)C)cc4)Oc4ccccc4[C@@H]3C2)cc1. The molecular formula is C25H25N3O. The van der Waals surface area contributed by atoms with Crippen molar-refractivity contribution in [2.24, 2.45) is 5.10 Å². The number of ether oxygens (including phenoxy) is 1. The third-order valence-electron chi connectivity index (χ3n) is 5.78. The molecular weight excluding hydrogens is 358 g/mol. The Balaban J connectivity index is 1.55. The Morgan fingerprint density at radius 2 is 1.66 bits per heavy atom. The number of para-hydroxylation sites is 1. The van der Waals surface area contributed by atoms with Crippen molar-refractivity contribution in [2.45, 2.75) is 25.6 Å². The molecule has 0 saturated heterocycles. The lowest BCUT2D eigenvalue weighted by Gasteiger charge is -2.38. The molecule has 4 heteroatoms. The van der Waals surface area contributed by atoms with E-state index in [-0.39, 0.29) is 12.3 Å². The van der Waals surface area contributed by atoms with Gasteiger partial charge in [-0.3, -0.25) is 0 Å². The van der Waals surface area contributed by atoms with Gasteiger partial charge in [0, 0.05) is 37.3 Å². The van der Waals surface area contributed by atoms with Gasteiger partial charge >= 0.3 is 0 Å². The summed E-state index contributed by atoms with van der Waals surface area (Å²) in [4.78, 5) is 2.10. The van der Waals surface area contributed by atoms with Crippen LogP contribution < -0.4 is 9.64 Å². The molecule has 146 valence electrons. The summed E-state index contributed by atoms with van der Waals surface area (Å²) in [5, 5.41) is 7.18. The molecule has 3 aromatic rings. The summed E-state index contributed by atoms with van der Waals surface area (Å²) < 4.78 is 6.44. The molecule has 0 spiro atoms. The number of fused-ring (bicyclic) bond motifs is 3. The molecule has 0 bridgehead atoms. The lowest BCUT2D eigenvalue weighted by atomic mass is 9.95. The summed E-state index contributed by atoms with van der Waals surface area (Å²) in [6.45, 7) is 2.11.